The first-order valence-corrected chi connectivity index (χ1v) is 16.8. The van der Waals surface area contributed by atoms with Crippen LogP contribution in [0.4, 0.5) is 0 Å². The summed E-state index contributed by atoms with van der Waals surface area (Å²) in [6, 6.07) is 55.1. The lowest BCUT2D eigenvalue weighted by Crippen LogP contribution is -2.01. The van der Waals surface area contributed by atoms with Gasteiger partial charge in [0.1, 0.15) is 0 Å². The number of hydrogen-bond acceptors (Lipinski definition) is 3. The minimum atomic E-state index is 0.456. The van der Waals surface area contributed by atoms with Gasteiger partial charge in [0.05, 0.1) is 0 Å². The maximum atomic E-state index is 5.05. The Kier molecular flexibility index (Phi) is 8.31. The van der Waals surface area contributed by atoms with Gasteiger partial charge in [-0.25, -0.2) is 15.0 Å². The molecule has 1 aliphatic rings. The number of nitrogens with zero attached hydrogens (tertiary/aromatic N) is 3. The zero-order chi connectivity index (χ0) is 33.0. The monoisotopic (exact) mass is 629 g/mol. The van der Waals surface area contributed by atoms with Gasteiger partial charge in [-0.3, -0.25) is 0 Å². The van der Waals surface area contributed by atoms with Crippen molar-refractivity contribution in [2.75, 3.05) is 0 Å². The highest BCUT2D eigenvalue weighted by Crippen LogP contribution is 2.43. The van der Waals surface area contributed by atoms with E-state index in [1.807, 2.05) is 60.7 Å². The van der Waals surface area contributed by atoms with Crippen LogP contribution in [0.5, 0.6) is 0 Å². The average Bonchev–Trinajstić information content (AvgIpc) is 3.18. The van der Waals surface area contributed by atoms with Crippen LogP contribution in [-0.4, -0.2) is 15.0 Å². The van der Waals surface area contributed by atoms with Gasteiger partial charge >= 0.3 is 0 Å². The first-order chi connectivity index (χ1) is 24.2. The number of allylic oxidation sites excluding steroid dienone is 4. The van der Waals surface area contributed by atoms with E-state index in [9.17, 15) is 0 Å². The summed E-state index contributed by atoms with van der Waals surface area (Å²) in [6.45, 7) is 2.29. The maximum absolute atomic E-state index is 5.05. The Labute approximate surface area is 288 Å². The van der Waals surface area contributed by atoms with Crippen LogP contribution < -0.4 is 0 Å². The van der Waals surface area contributed by atoms with Crippen LogP contribution in [0.15, 0.2) is 176 Å². The van der Waals surface area contributed by atoms with E-state index in [4.69, 9.17) is 15.0 Å². The summed E-state index contributed by atoms with van der Waals surface area (Å²) in [5.74, 6) is 2.40. The van der Waals surface area contributed by atoms with E-state index >= 15 is 0 Å². The standard InChI is InChI=1S/C46H35N3/c1-32-16-14-25-37(28-32)42-31-40(33-17-6-2-7-18-33)30-41(34-19-8-3-9-20-34)43(42)38-26-15-27-39(29-38)46-48-44(35-21-10-4-11-22-35)47-45(49-46)36-23-12-5-13-24-36/h2-15,17-32H,16H2,1H3. The van der Waals surface area contributed by atoms with E-state index in [-0.39, 0.29) is 0 Å². The number of benzene rings is 6. The van der Waals surface area contributed by atoms with E-state index in [1.165, 1.54) is 39.0 Å². The second-order valence-corrected chi connectivity index (χ2v) is 12.5. The molecule has 1 aromatic heterocycles. The van der Waals surface area contributed by atoms with Crippen LogP contribution in [0.3, 0.4) is 0 Å². The van der Waals surface area contributed by atoms with Gasteiger partial charge in [-0.05, 0) is 75.1 Å². The lowest BCUT2D eigenvalue weighted by molar-refractivity contribution is 0.740. The van der Waals surface area contributed by atoms with Crippen molar-refractivity contribution in [2.45, 2.75) is 13.3 Å². The summed E-state index contributed by atoms with van der Waals surface area (Å²) in [7, 11) is 0. The third-order valence-corrected chi connectivity index (χ3v) is 9.02. The van der Waals surface area contributed by atoms with Gasteiger partial charge < -0.3 is 0 Å². The Hall–Kier alpha value is -6.19. The normalized spacial score (nSPS) is 14.0. The van der Waals surface area contributed by atoms with Crippen LogP contribution in [0, 0.1) is 5.92 Å². The molecule has 0 amide bonds. The molecular weight excluding hydrogens is 595 g/mol. The topological polar surface area (TPSA) is 38.7 Å². The second kappa shape index (κ2) is 13.5. The predicted octanol–water partition coefficient (Wildman–Crippen LogP) is 11.9. The molecular formula is C46H35N3. The van der Waals surface area contributed by atoms with E-state index < -0.39 is 0 Å². The lowest BCUT2D eigenvalue weighted by Gasteiger charge is -2.22. The molecule has 1 aliphatic carbocycles. The fraction of sp³-hybridized carbons (Fsp3) is 0.0652. The molecule has 0 saturated heterocycles. The summed E-state index contributed by atoms with van der Waals surface area (Å²) in [5.41, 5.74) is 12.4. The highest BCUT2D eigenvalue weighted by atomic mass is 15.0. The SMILES string of the molecule is CC1C=C(c2cc(-c3ccccc3)cc(-c3ccccc3)c2-c2cccc(-c3nc(-c4ccccc4)nc(-c4ccccc4)n3)c2)C=CC1. The third-order valence-electron chi connectivity index (χ3n) is 9.02. The third kappa shape index (κ3) is 6.39. The van der Waals surface area contributed by atoms with Gasteiger partial charge in [-0.2, -0.15) is 0 Å². The molecule has 8 rings (SSSR count). The second-order valence-electron chi connectivity index (χ2n) is 12.5. The highest BCUT2D eigenvalue weighted by molar-refractivity contribution is 5.98. The Balaban J connectivity index is 1.36. The molecule has 0 aliphatic heterocycles. The van der Waals surface area contributed by atoms with Crippen molar-refractivity contribution in [3.05, 3.63) is 182 Å². The first-order valence-electron chi connectivity index (χ1n) is 16.8. The minimum absolute atomic E-state index is 0.456. The number of aromatic nitrogens is 3. The quantitative estimate of drug-likeness (QED) is 0.176. The molecule has 49 heavy (non-hydrogen) atoms. The summed E-state index contributed by atoms with van der Waals surface area (Å²) in [4.78, 5) is 15.0. The van der Waals surface area contributed by atoms with Crippen LogP contribution >= 0.6 is 0 Å². The first kappa shape index (κ1) is 30.2. The Morgan fingerprint density at radius 3 is 1.47 bits per heavy atom. The van der Waals surface area contributed by atoms with E-state index in [1.54, 1.807) is 0 Å². The molecule has 3 heteroatoms. The van der Waals surface area contributed by atoms with Crippen molar-refractivity contribution in [2.24, 2.45) is 5.92 Å². The van der Waals surface area contributed by atoms with Crippen molar-refractivity contribution >= 4 is 5.57 Å². The Morgan fingerprint density at radius 1 is 0.429 bits per heavy atom. The Bertz CT molecular complexity index is 2230. The Morgan fingerprint density at radius 2 is 0.898 bits per heavy atom. The van der Waals surface area contributed by atoms with Crippen LogP contribution in [0.1, 0.15) is 18.9 Å². The van der Waals surface area contributed by atoms with Crippen LogP contribution in [-0.2, 0) is 0 Å². The zero-order valence-electron chi connectivity index (χ0n) is 27.4. The largest absolute Gasteiger partial charge is 0.208 e. The number of rotatable bonds is 7. The average molecular weight is 630 g/mol. The maximum Gasteiger partial charge on any atom is 0.164 e. The molecule has 0 bridgehead atoms. The van der Waals surface area contributed by atoms with Crippen LogP contribution in [0.25, 0.3) is 73.1 Å². The summed E-state index contributed by atoms with van der Waals surface area (Å²) >= 11 is 0. The molecule has 1 unspecified atom stereocenters. The van der Waals surface area contributed by atoms with Gasteiger partial charge in [0.15, 0.2) is 17.5 Å². The molecule has 1 heterocycles. The van der Waals surface area contributed by atoms with Gasteiger partial charge in [0.2, 0.25) is 0 Å². The zero-order valence-corrected chi connectivity index (χ0v) is 27.4. The fourth-order valence-corrected chi connectivity index (χ4v) is 6.59. The van der Waals surface area contributed by atoms with Gasteiger partial charge in [0.25, 0.3) is 0 Å². The molecule has 0 spiro atoms. The summed E-state index contributed by atoms with van der Waals surface area (Å²) in [6.07, 6.45) is 8.05. The summed E-state index contributed by atoms with van der Waals surface area (Å²) < 4.78 is 0. The molecule has 0 radical (unpaired) electrons. The van der Waals surface area contributed by atoms with E-state index in [0.29, 0.717) is 23.4 Å². The van der Waals surface area contributed by atoms with E-state index in [2.05, 4.69) is 122 Å². The van der Waals surface area contributed by atoms with Gasteiger partial charge in [0, 0.05) is 16.7 Å². The van der Waals surface area contributed by atoms with Gasteiger partial charge in [-0.15, -0.1) is 0 Å². The molecule has 7 aromatic rings. The predicted molar refractivity (Wildman–Crippen MR) is 203 cm³/mol. The van der Waals surface area contributed by atoms with Crippen LogP contribution in [0.2, 0.25) is 0 Å². The molecule has 3 nitrogen and oxygen atoms in total. The molecule has 6 aromatic carbocycles. The lowest BCUT2D eigenvalue weighted by atomic mass is 9.82. The molecule has 0 fully saturated rings. The minimum Gasteiger partial charge on any atom is -0.208 e. The van der Waals surface area contributed by atoms with Crippen molar-refractivity contribution < 1.29 is 0 Å². The fourth-order valence-electron chi connectivity index (χ4n) is 6.59. The van der Waals surface area contributed by atoms with Crippen molar-refractivity contribution in [1.82, 2.24) is 15.0 Å². The van der Waals surface area contributed by atoms with E-state index in [0.717, 1.165) is 28.7 Å². The van der Waals surface area contributed by atoms with Crippen molar-refractivity contribution in [1.29, 1.82) is 0 Å². The molecule has 234 valence electrons. The molecule has 1 atom stereocenters. The highest BCUT2D eigenvalue weighted by Gasteiger charge is 2.20. The van der Waals surface area contributed by atoms with Crippen molar-refractivity contribution in [3.8, 4) is 67.5 Å². The smallest absolute Gasteiger partial charge is 0.164 e. The molecule has 0 N–H and O–H groups in total. The molecule has 0 saturated carbocycles. The van der Waals surface area contributed by atoms with Gasteiger partial charge in [-0.1, -0.05) is 165 Å². The van der Waals surface area contributed by atoms with Crippen molar-refractivity contribution in [3.63, 3.8) is 0 Å². The number of hydrogen-bond donors (Lipinski definition) is 0. The summed E-state index contributed by atoms with van der Waals surface area (Å²) in [5, 5.41) is 0.